The Bertz CT molecular complexity index is 713. The van der Waals surface area contributed by atoms with Crippen molar-refractivity contribution in [2.45, 2.75) is 39.3 Å². The molecule has 0 fully saturated rings. The maximum atomic E-state index is 12.5. The molecule has 1 heterocycles. The zero-order valence-electron chi connectivity index (χ0n) is 13.7. The van der Waals surface area contributed by atoms with Crippen LogP contribution >= 0.6 is 0 Å². The number of nitro benzene ring substituents is 1. The van der Waals surface area contributed by atoms with Gasteiger partial charge in [0.1, 0.15) is 0 Å². The number of rotatable bonds is 5. The van der Waals surface area contributed by atoms with Crippen molar-refractivity contribution in [3.05, 3.63) is 51.2 Å². The van der Waals surface area contributed by atoms with Gasteiger partial charge in [-0.05, 0) is 25.8 Å². The van der Waals surface area contributed by atoms with Crippen molar-refractivity contribution in [3.63, 3.8) is 0 Å². The van der Waals surface area contributed by atoms with E-state index < -0.39 is 23.0 Å². The number of nitrogens with one attached hydrogen (secondary N) is 2. The van der Waals surface area contributed by atoms with Crippen LogP contribution in [0.15, 0.2) is 35.5 Å². The van der Waals surface area contributed by atoms with Gasteiger partial charge in [0.2, 0.25) is 0 Å². The maximum Gasteiger partial charge on any atom is 0.338 e. The van der Waals surface area contributed by atoms with Crippen LogP contribution in [-0.4, -0.2) is 23.0 Å². The van der Waals surface area contributed by atoms with Crippen LogP contribution in [0.3, 0.4) is 0 Å². The van der Waals surface area contributed by atoms with Gasteiger partial charge in [-0.2, -0.15) is 0 Å². The van der Waals surface area contributed by atoms with Crippen molar-refractivity contribution in [1.29, 1.82) is 0 Å². The van der Waals surface area contributed by atoms with Crippen LogP contribution in [0.2, 0.25) is 0 Å². The number of esters is 1. The number of nitrogens with zero attached hydrogens (tertiary/aromatic N) is 1. The molecule has 128 valence electrons. The van der Waals surface area contributed by atoms with E-state index >= 15 is 0 Å². The highest BCUT2D eigenvalue weighted by molar-refractivity contribution is 5.95. The van der Waals surface area contributed by atoms with Crippen molar-refractivity contribution < 1.29 is 19.2 Å². The summed E-state index contributed by atoms with van der Waals surface area (Å²) in [5, 5.41) is 16.1. The second-order valence-electron chi connectivity index (χ2n) is 5.55. The van der Waals surface area contributed by atoms with Crippen molar-refractivity contribution in [2.75, 3.05) is 0 Å². The average Bonchev–Trinajstić information content (AvgIpc) is 2.53. The zero-order valence-corrected chi connectivity index (χ0v) is 13.7. The fraction of sp³-hybridized carbons (Fsp3) is 0.375. The fourth-order valence-electron chi connectivity index (χ4n) is 2.36. The van der Waals surface area contributed by atoms with Gasteiger partial charge in [-0.3, -0.25) is 10.1 Å². The molecule has 2 atom stereocenters. The zero-order chi connectivity index (χ0) is 17.9. The third kappa shape index (κ3) is 3.70. The topological polar surface area (TPSA) is 111 Å². The molecule has 1 aromatic rings. The van der Waals surface area contributed by atoms with Gasteiger partial charge in [-0.25, -0.2) is 9.59 Å². The van der Waals surface area contributed by atoms with Crippen molar-refractivity contribution in [2.24, 2.45) is 0 Å². The molecule has 0 saturated carbocycles. The van der Waals surface area contributed by atoms with Crippen LogP contribution in [-0.2, 0) is 9.53 Å². The first-order valence-electron chi connectivity index (χ1n) is 7.57. The third-order valence-electron chi connectivity index (χ3n) is 3.79. The average molecular weight is 333 g/mol. The first kappa shape index (κ1) is 17.5. The normalized spacial score (nSPS) is 18.5. The lowest BCUT2D eigenvalue weighted by molar-refractivity contribution is -0.384. The second kappa shape index (κ2) is 7.12. The Labute approximate surface area is 139 Å². The Kier molecular flexibility index (Phi) is 5.18. The molecule has 2 unspecified atom stereocenters. The number of amides is 2. The lowest BCUT2D eigenvalue weighted by atomic mass is 9.95. The number of hydrogen-bond acceptors (Lipinski definition) is 5. The van der Waals surface area contributed by atoms with E-state index in [1.165, 1.54) is 18.2 Å². The molecule has 0 radical (unpaired) electrons. The Morgan fingerprint density at radius 1 is 1.46 bits per heavy atom. The van der Waals surface area contributed by atoms with Crippen LogP contribution in [0.4, 0.5) is 10.5 Å². The maximum absolute atomic E-state index is 12.5. The standard InChI is InChI=1S/C16H19N3O5/c1-4-9(2)24-15(20)13-10(3)17-16(21)18-14(13)11-6-5-7-12(8-11)19(22)23/h5-9,14H,4H2,1-3H3,(H2,17,18,21). The number of nitro groups is 1. The largest absolute Gasteiger partial charge is 0.459 e. The summed E-state index contributed by atoms with van der Waals surface area (Å²) in [4.78, 5) is 34.7. The number of urea groups is 1. The summed E-state index contributed by atoms with van der Waals surface area (Å²) in [5.41, 5.74) is 0.918. The van der Waals surface area contributed by atoms with E-state index in [1.54, 1.807) is 19.9 Å². The molecule has 2 N–H and O–H groups in total. The Morgan fingerprint density at radius 2 is 2.17 bits per heavy atom. The van der Waals surface area contributed by atoms with E-state index in [-0.39, 0.29) is 17.4 Å². The van der Waals surface area contributed by atoms with Crippen LogP contribution in [0.1, 0.15) is 38.8 Å². The van der Waals surface area contributed by atoms with Gasteiger partial charge in [-0.1, -0.05) is 19.1 Å². The monoisotopic (exact) mass is 333 g/mol. The molecule has 1 aliphatic rings. The van der Waals surface area contributed by atoms with E-state index in [2.05, 4.69) is 10.6 Å². The predicted molar refractivity (Wildman–Crippen MR) is 86.0 cm³/mol. The minimum atomic E-state index is -0.810. The summed E-state index contributed by atoms with van der Waals surface area (Å²) in [6.07, 6.45) is 0.375. The summed E-state index contributed by atoms with van der Waals surface area (Å²) in [6.45, 7) is 5.25. The van der Waals surface area contributed by atoms with Gasteiger partial charge in [-0.15, -0.1) is 0 Å². The summed E-state index contributed by atoms with van der Waals surface area (Å²) in [6, 6.07) is 4.52. The molecule has 8 heteroatoms. The number of carbonyl (C=O) groups excluding carboxylic acids is 2. The SMILES string of the molecule is CCC(C)OC(=O)C1=C(C)NC(=O)NC1c1cccc([N+](=O)[O-])c1. The molecular weight excluding hydrogens is 314 g/mol. The van der Waals surface area contributed by atoms with E-state index in [9.17, 15) is 19.7 Å². The highest BCUT2D eigenvalue weighted by Crippen LogP contribution is 2.29. The molecule has 24 heavy (non-hydrogen) atoms. The Hall–Kier alpha value is -2.90. The summed E-state index contributed by atoms with van der Waals surface area (Å²) >= 11 is 0. The molecule has 0 aliphatic carbocycles. The predicted octanol–water partition coefficient (Wildman–Crippen LogP) is 2.56. The number of allylic oxidation sites excluding steroid dienone is 1. The molecule has 0 saturated heterocycles. The minimum absolute atomic E-state index is 0.118. The molecular formula is C16H19N3O5. The lowest BCUT2D eigenvalue weighted by Crippen LogP contribution is -2.45. The second-order valence-corrected chi connectivity index (χ2v) is 5.55. The molecule has 1 aliphatic heterocycles. The van der Waals surface area contributed by atoms with Crippen molar-refractivity contribution >= 4 is 17.7 Å². The molecule has 0 aromatic heterocycles. The van der Waals surface area contributed by atoms with Crippen LogP contribution < -0.4 is 10.6 Å². The number of carbonyl (C=O) groups is 2. The molecule has 0 bridgehead atoms. The van der Waals surface area contributed by atoms with Crippen molar-refractivity contribution in [1.82, 2.24) is 10.6 Å². The van der Waals surface area contributed by atoms with Gasteiger partial charge in [0.05, 0.1) is 22.6 Å². The quantitative estimate of drug-likeness (QED) is 0.489. The van der Waals surface area contributed by atoms with Gasteiger partial charge in [0.15, 0.2) is 0 Å². The molecule has 2 amide bonds. The first-order chi connectivity index (χ1) is 11.3. The molecule has 8 nitrogen and oxygen atoms in total. The number of hydrogen-bond donors (Lipinski definition) is 2. The van der Waals surface area contributed by atoms with E-state index in [0.717, 1.165) is 0 Å². The highest BCUT2D eigenvalue weighted by atomic mass is 16.6. The molecule has 2 rings (SSSR count). The highest BCUT2D eigenvalue weighted by Gasteiger charge is 2.33. The summed E-state index contributed by atoms with van der Waals surface area (Å²) in [7, 11) is 0. The minimum Gasteiger partial charge on any atom is -0.459 e. The fourth-order valence-corrected chi connectivity index (χ4v) is 2.36. The number of non-ortho nitro benzene ring substituents is 1. The Morgan fingerprint density at radius 3 is 2.79 bits per heavy atom. The number of ether oxygens (including phenoxy) is 1. The van der Waals surface area contributed by atoms with E-state index in [0.29, 0.717) is 17.7 Å². The van der Waals surface area contributed by atoms with Crippen LogP contribution in [0.5, 0.6) is 0 Å². The van der Waals surface area contributed by atoms with Crippen molar-refractivity contribution in [3.8, 4) is 0 Å². The lowest BCUT2D eigenvalue weighted by Gasteiger charge is -2.28. The van der Waals surface area contributed by atoms with Gasteiger partial charge in [0, 0.05) is 17.8 Å². The summed E-state index contributed by atoms with van der Waals surface area (Å²) < 4.78 is 5.35. The van der Waals surface area contributed by atoms with Gasteiger partial charge in [0.25, 0.3) is 5.69 Å². The van der Waals surface area contributed by atoms with E-state index in [1.807, 2.05) is 6.92 Å². The first-order valence-corrected chi connectivity index (χ1v) is 7.57. The van der Waals surface area contributed by atoms with Gasteiger partial charge < -0.3 is 15.4 Å². The van der Waals surface area contributed by atoms with E-state index in [4.69, 9.17) is 4.74 Å². The van der Waals surface area contributed by atoms with Gasteiger partial charge >= 0.3 is 12.0 Å². The Balaban J connectivity index is 2.43. The molecule has 1 aromatic carbocycles. The van der Waals surface area contributed by atoms with Crippen LogP contribution in [0, 0.1) is 10.1 Å². The molecule has 0 spiro atoms. The van der Waals surface area contributed by atoms with Crippen LogP contribution in [0.25, 0.3) is 0 Å². The summed E-state index contributed by atoms with van der Waals surface area (Å²) in [5.74, 6) is -0.564. The number of benzene rings is 1. The third-order valence-corrected chi connectivity index (χ3v) is 3.79. The smallest absolute Gasteiger partial charge is 0.338 e.